The predicted octanol–water partition coefficient (Wildman–Crippen LogP) is 2.98. The van der Waals surface area contributed by atoms with Gasteiger partial charge < -0.3 is 10.1 Å². The lowest BCUT2D eigenvalue weighted by Gasteiger charge is -2.16. The highest BCUT2D eigenvalue weighted by molar-refractivity contribution is 9.10. The number of hydrogen-bond acceptors (Lipinski definition) is 3. The normalized spacial score (nSPS) is 10.9. The third-order valence-corrected chi connectivity index (χ3v) is 2.53. The summed E-state index contributed by atoms with van der Waals surface area (Å²) in [6, 6.07) is 6.66. The first-order chi connectivity index (χ1) is 8.34. The van der Waals surface area contributed by atoms with Crippen LogP contribution >= 0.6 is 15.9 Å². The molecule has 4 nitrogen and oxygen atoms in total. The van der Waals surface area contributed by atoms with Crippen molar-refractivity contribution in [2.45, 2.75) is 25.1 Å². The molecule has 98 valence electrons. The van der Waals surface area contributed by atoms with E-state index in [2.05, 4.69) is 21.2 Å². The zero-order valence-electron chi connectivity index (χ0n) is 10.6. The number of carbonyl (C=O) groups is 2. The number of rotatable bonds is 4. The maximum absolute atomic E-state index is 11.8. The highest BCUT2D eigenvalue weighted by Crippen LogP contribution is 2.19. The molecule has 0 atom stereocenters. The molecular weight excluding hydrogens is 298 g/mol. The van der Waals surface area contributed by atoms with Crippen LogP contribution in [0.4, 0.5) is 5.69 Å². The van der Waals surface area contributed by atoms with Crippen LogP contribution in [0, 0.1) is 0 Å². The van der Waals surface area contributed by atoms with E-state index in [0.29, 0.717) is 17.9 Å². The number of nitrogens with one attached hydrogen (secondary N) is 1. The van der Waals surface area contributed by atoms with Gasteiger partial charge in [0.05, 0.1) is 16.5 Å². The summed E-state index contributed by atoms with van der Waals surface area (Å²) >= 11 is 3.27. The first-order valence-electron chi connectivity index (χ1n) is 5.62. The molecule has 0 fully saturated rings. The van der Waals surface area contributed by atoms with Crippen LogP contribution < -0.4 is 5.32 Å². The quantitative estimate of drug-likeness (QED) is 0.686. The van der Waals surface area contributed by atoms with Gasteiger partial charge in [-0.1, -0.05) is 22.0 Å². The molecule has 0 spiro atoms. The first kappa shape index (κ1) is 14.7. The summed E-state index contributed by atoms with van der Waals surface area (Å²) in [5, 5.41) is 2.73. The minimum atomic E-state index is -0.660. The van der Waals surface area contributed by atoms with Crippen molar-refractivity contribution in [2.75, 3.05) is 11.9 Å². The largest absolute Gasteiger partial charge is 0.462 e. The average Bonchev–Trinajstić information content (AvgIpc) is 2.28. The fraction of sp³-hybridized carbons (Fsp3) is 0.385. The summed E-state index contributed by atoms with van der Waals surface area (Å²) < 4.78 is 4.23. The molecule has 0 saturated heterocycles. The van der Waals surface area contributed by atoms with Crippen LogP contribution in [0.25, 0.3) is 0 Å². The minimum absolute atomic E-state index is 0.177. The van der Waals surface area contributed by atoms with Crippen molar-refractivity contribution in [3.8, 4) is 0 Å². The molecule has 0 aliphatic carbocycles. The second-order valence-corrected chi connectivity index (χ2v) is 6.21. The van der Waals surface area contributed by atoms with Crippen molar-refractivity contribution in [2.24, 2.45) is 0 Å². The Morgan fingerprint density at radius 3 is 2.61 bits per heavy atom. The van der Waals surface area contributed by atoms with E-state index >= 15 is 0 Å². The van der Waals surface area contributed by atoms with Gasteiger partial charge in [0.25, 0.3) is 0 Å². The zero-order valence-corrected chi connectivity index (χ0v) is 12.2. The van der Waals surface area contributed by atoms with Crippen LogP contribution in [0.5, 0.6) is 0 Å². The van der Waals surface area contributed by atoms with E-state index in [-0.39, 0.29) is 5.91 Å². The van der Waals surface area contributed by atoms with Crippen LogP contribution in [0.1, 0.15) is 31.1 Å². The zero-order chi connectivity index (χ0) is 13.8. The Bertz CT molecular complexity index is 452. The summed E-state index contributed by atoms with van der Waals surface area (Å²) in [5.41, 5.74) is 0.986. The average molecular weight is 314 g/mol. The maximum Gasteiger partial charge on any atom is 0.338 e. The Balaban J connectivity index is 2.83. The monoisotopic (exact) mass is 313 g/mol. The molecule has 0 aromatic heterocycles. The molecule has 5 heteroatoms. The molecule has 0 unspecified atom stereocenters. The Hall–Kier alpha value is -1.36. The van der Waals surface area contributed by atoms with Gasteiger partial charge in [0.2, 0.25) is 5.91 Å². The molecular formula is C13H16BrNO3. The number of carbonyl (C=O) groups excluding carboxylic acids is 2. The Kier molecular flexibility index (Phi) is 4.90. The van der Waals surface area contributed by atoms with Gasteiger partial charge in [-0.25, -0.2) is 4.79 Å². The van der Waals surface area contributed by atoms with Crippen molar-refractivity contribution in [1.29, 1.82) is 0 Å². The molecule has 0 bridgehead atoms. The van der Waals surface area contributed by atoms with E-state index in [1.807, 2.05) is 0 Å². The van der Waals surface area contributed by atoms with Crippen molar-refractivity contribution >= 4 is 33.5 Å². The van der Waals surface area contributed by atoms with Crippen LogP contribution in [0.15, 0.2) is 24.3 Å². The van der Waals surface area contributed by atoms with E-state index in [1.54, 1.807) is 45.0 Å². The lowest BCUT2D eigenvalue weighted by molar-refractivity contribution is -0.117. The third kappa shape index (κ3) is 4.14. The Morgan fingerprint density at radius 1 is 1.39 bits per heavy atom. The van der Waals surface area contributed by atoms with Gasteiger partial charge in [-0.15, -0.1) is 0 Å². The molecule has 0 radical (unpaired) electrons. The number of esters is 1. The number of benzene rings is 1. The smallest absolute Gasteiger partial charge is 0.338 e. The predicted molar refractivity (Wildman–Crippen MR) is 74.0 cm³/mol. The van der Waals surface area contributed by atoms with E-state index in [9.17, 15) is 9.59 Å². The number of hydrogen-bond donors (Lipinski definition) is 1. The Morgan fingerprint density at radius 2 is 2.06 bits per heavy atom. The molecule has 0 aliphatic rings. The second kappa shape index (κ2) is 6.00. The third-order valence-electron chi connectivity index (χ3n) is 2.17. The van der Waals surface area contributed by atoms with Gasteiger partial charge in [-0.05, 0) is 39.0 Å². The standard InChI is InChI=1S/C13H16BrNO3/c1-4-18-11(16)9-6-5-7-10(8-9)15-12(17)13(2,3)14/h5-8H,4H2,1-3H3,(H,15,17). The lowest BCUT2D eigenvalue weighted by atomic mass is 10.1. The van der Waals surface area contributed by atoms with Gasteiger partial charge in [-0.3, -0.25) is 4.79 Å². The van der Waals surface area contributed by atoms with E-state index in [4.69, 9.17) is 4.74 Å². The number of amides is 1. The highest BCUT2D eigenvalue weighted by atomic mass is 79.9. The van der Waals surface area contributed by atoms with Gasteiger partial charge in [0, 0.05) is 5.69 Å². The van der Waals surface area contributed by atoms with Crippen LogP contribution in [0.2, 0.25) is 0 Å². The van der Waals surface area contributed by atoms with E-state index in [0.717, 1.165) is 0 Å². The summed E-state index contributed by atoms with van der Waals surface area (Å²) in [6.07, 6.45) is 0. The topological polar surface area (TPSA) is 55.4 Å². The number of halogens is 1. The fourth-order valence-electron chi connectivity index (χ4n) is 1.22. The van der Waals surface area contributed by atoms with E-state index in [1.165, 1.54) is 0 Å². The fourth-order valence-corrected chi connectivity index (χ4v) is 1.32. The van der Waals surface area contributed by atoms with Crippen molar-refractivity contribution in [3.05, 3.63) is 29.8 Å². The molecule has 1 aromatic carbocycles. The van der Waals surface area contributed by atoms with Crippen molar-refractivity contribution in [1.82, 2.24) is 0 Å². The number of ether oxygens (including phenoxy) is 1. The molecule has 18 heavy (non-hydrogen) atoms. The number of anilines is 1. The van der Waals surface area contributed by atoms with Crippen molar-refractivity contribution in [3.63, 3.8) is 0 Å². The van der Waals surface area contributed by atoms with Crippen molar-refractivity contribution < 1.29 is 14.3 Å². The number of alkyl halides is 1. The summed E-state index contributed by atoms with van der Waals surface area (Å²) in [7, 11) is 0. The SMILES string of the molecule is CCOC(=O)c1cccc(NC(=O)C(C)(C)Br)c1. The van der Waals surface area contributed by atoms with Gasteiger partial charge in [0.1, 0.15) is 0 Å². The molecule has 1 N–H and O–H groups in total. The van der Waals surface area contributed by atoms with Crippen LogP contribution in [0.3, 0.4) is 0 Å². The Labute approximate surface area is 115 Å². The highest BCUT2D eigenvalue weighted by Gasteiger charge is 2.23. The summed E-state index contributed by atoms with van der Waals surface area (Å²) in [6.45, 7) is 5.57. The maximum atomic E-state index is 11.8. The molecule has 0 aliphatic heterocycles. The van der Waals surface area contributed by atoms with Gasteiger partial charge in [-0.2, -0.15) is 0 Å². The van der Waals surface area contributed by atoms with Crippen LogP contribution in [-0.2, 0) is 9.53 Å². The van der Waals surface area contributed by atoms with Crippen LogP contribution in [-0.4, -0.2) is 22.8 Å². The minimum Gasteiger partial charge on any atom is -0.462 e. The molecule has 0 heterocycles. The molecule has 1 amide bonds. The second-order valence-electron chi connectivity index (χ2n) is 4.23. The first-order valence-corrected chi connectivity index (χ1v) is 6.41. The summed E-state index contributed by atoms with van der Waals surface area (Å²) in [5.74, 6) is -0.574. The van der Waals surface area contributed by atoms with Gasteiger partial charge in [0.15, 0.2) is 0 Å². The molecule has 1 rings (SSSR count). The summed E-state index contributed by atoms with van der Waals surface area (Å²) in [4.78, 5) is 23.3. The lowest BCUT2D eigenvalue weighted by Crippen LogP contribution is -2.31. The molecule has 0 saturated carbocycles. The molecule has 1 aromatic rings. The van der Waals surface area contributed by atoms with Gasteiger partial charge >= 0.3 is 5.97 Å². The van der Waals surface area contributed by atoms with E-state index < -0.39 is 10.3 Å².